The van der Waals surface area contributed by atoms with Gasteiger partial charge in [0.15, 0.2) is 0 Å². The zero-order valence-corrected chi connectivity index (χ0v) is 8.44. The molecular formula is C11H15N3O. The van der Waals surface area contributed by atoms with E-state index in [0.29, 0.717) is 18.7 Å². The summed E-state index contributed by atoms with van der Waals surface area (Å²) < 4.78 is 5.39. The van der Waals surface area contributed by atoms with Gasteiger partial charge in [0.25, 0.3) is 0 Å². The number of benzene rings is 1. The van der Waals surface area contributed by atoms with Gasteiger partial charge in [-0.3, -0.25) is 5.41 Å². The van der Waals surface area contributed by atoms with Crippen molar-refractivity contribution in [1.82, 2.24) is 0 Å². The van der Waals surface area contributed by atoms with Gasteiger partial charge in [-0.05, 0) is 24.3 Å². The maximum atomic E-state index is 7.21. The first kappa shape index (κ1) is 11.3. The first-order chi connectivity index (χ1) is 7.24. The average Bonchev–Trinajstić information content (AvgIpc) is 2.25. The fraction of sp³-hybridized carbons (Fsp3) is 0.182. The van der Waals surface area contributed by atoms with Gasteiger partial charge in [0.2, 0.25) is 0 Å². The molecule has 1 rings (SSSR count). The van der Waals surface area contributed by atoms with Crippen LogP contribution < -0.4 is 16.2 Å². The van der Waals surface area contributed by atoms with Crippen molar-refractivity contribution in [3.8, 4) is 5.75 Å². The van der Waals surface area contributed by atoms with Crippen LogP contribution in [0.1, 0.15) is 5.56 Å². The van der Waals surface area contributed by atoms with Gasteiger partial charge in [0.05, 0.1) is 0 Å². The summed E-state index contributed by atoms with van der Waals surface area (Å²) in [6.07, 6.45) is 3.70. The lowest BCUT2D eigenvalue weighted by Crippen LogP contribution is -2.10. The van der Waals surface area contributed by atoms with E-state index in [1.165, 1.54) is 0 Å². The Bertz CT molecular complexity index is 343. The molecular weight excluding hydrogens is 190 g/mol. The third kappa shape index (κ3) is 3.83. The first-order valence-electron chi connectivity index (χ1n) is 4.66. The van der Waals surface area contributed by atoms with Crippen LogP contribution in [-0.2, 0) is 0 Å². The summed E-state index contributed by atoms with van der Waals surface area (Å²) in [6.45, 7) is 1.02. The molecule has 0 amide bonds. The molecule has 0 spiro atoms. The van der Waals surface area contributed by atoms with Gasteiger partial charge in [0.1, 0.15) is 18.2 Å². The second-order valence-electron chi connectivity index (χ2n) is 2.96. The molecule has 4 nitrogen and oxygen atoms in total. The van der Waals surface area contributed by atoms with Crippen LogP contribution in [0.3, 0.4) is 0 Å². The van der Waals surface area contributed by atoms with Crippen LogP contribution in [0.5, 0.6) is 5.75 Å². The molecule has 0 bridgehead atoms. The summed E-state index contributed by atoms with van der Waals surface area (Å²) in [7, 11) is 0. The van der Waals surface area contributed by atoms with Crippen molar-refractivity contribution >= 4 is 5.84 Å². The number of hydrogen-bond acceptors (Lipinski definition) is 3. The van der Waals surface area contributed by atoms with Crippen LogP contribution in [-0.4, -0.2) is 19.0 Å². The second kappa shape index (κ2) is 5.82. The zero-order chi connectivity index (χ0) is 11.1. The van der Waals surface area contributed by atoms with E-state index in [1.807, 2.05) is 12.2 Å². The molecule has 1 aromatic rings. The Morgan fingerprint density at radius 2 is 1.93 bits per heavy atom. The van der Waals surface area contributed by atoms with Crippen LogP contribution in [0.25, 0.3) is 0 Å². The van der Waals surface area contributed by atoms with Crippen LogP contribution >= 0.6 is 0 Å². The number of amidine groups is 1. The van der Waals surface area contributed by atoms with E-state index in [2.05, 4.69) is 0 Å². The zero-order valence-electron chi connectivity index (χ0n) is 8.44. The summed E-state index contributed by atoms with van der Waals surface area (Å²) in [6, 6.07) is 7.08. The van der Waals surface area contributed by atoms with Crippen molar-refractivity contribution in [1.29, 1.82) is 5.41 Å². The molecule has 0 atom stereocenters. The molecule has 0 aliphatic carbocycles. The first-order valence-corrected chi connectivity index (χ1v) is 4.66. The molecule has 5 N–H and O–H groups in total. The van der Waals surface area contributed by atoms with Gasteiger partial charge >= 0.3 is 0 Å². The molecule has 4 heteroatoms. The molecule has 0 saturated carbocycles. The Balaban J connectivity index is 2.50. The third-order valence-corrected chi connectivity index (χ3v) is 1.81. The van der Waals surface area contributed by atoms with Crippen molar-refractivity contribution in [2.45, 2.75) is 0 Å². The molecule has 0 fully saturated rings. The monoisotopic (exact) mass is 205 g/mol. The minimum absolute atomic E-state index is 0.0598. The molecule has 0 saturated heterocycles. The predicted octanol–water partition coefficient (Wildman–Crippen LogP) is 0.864. The lowest BCUT2D eigenvalue weighted by Gasteiger charge is -2.03. The maximum absolute atomic E-state index is 7.21. The molecule has 0 aliphatic rings. The Hall–Kier alpha value is -1.81. The molecule has 1 aromatic carbocycles. The van der Waals surface area contributed by atoms with Gasteiger partial charge < -0.3 is 16.2 Å². The highest BCUT2D eigenvalue weighted by Gasteiger charge is 1.96. The van der Waals surface area contributed by atoms with Crippen LogP contribution in [0, 0.1) is 5.41 Å². The van der Waals surface area contributed by atoms with Gasteiger partial charge in [0, 0.05) is 12.1 Å². The number of nitrogens with one attached hydrogen (secondary N) is 1. The Morgan fingerprint density at radius 3 is 2.47 bits per heavy atom. The Labute approximate surface area is 89.0 Å². The average molecular weight is 205 g/mol. The number of rotatable bonds is 5. The summed E-state index contributed by atoms with van der Waals surface area (Å²) in [5.41, 5.74) is 11.3. The smallest absolute Gasteiger partial charge is 0.122 e. The van der Waals surface area contributed by atoms with Crippen LogP contribution in [0.15, 0.2) is 36.4 Å². The quantitative estimate of drug-likeness (QED) is 0.378. The maximum Gasteiger partial charge on any atom is 0.122 e. The Morgan fingerprint density at radius 1 is 1.27 bits per heavy atom. The van der Waals surface area contributed by atoms with E-state index in [-0.39, 0.29) is 5.84 Å². The van der Waals surface area contributed by atoms with E-state index in [4.69, 9.17) is 21.6 Å². The van der Waals surface area contributed by atoms with Crippen molar-refractivity contribution in [2.24, 2.45) is 11.5 Å². The van der Waals surface area contributed by atoms with Crippen molar-refractivity contribution in [3.05, 3.63) is 42.0 Å². The SMILES string of the molecule is N=C(N)c1ccc(OC/C=C/CN)cc1. The van der Waals surface area contributed by atoms with E-state index < -0.39 is 0 Å². The van der Waals surface area contributed by atoms with Crippen LogP contribution in [0.4, 0.5) is 0 Å². The standard InChI is InChI=1S/C11H15N3O/c12-7-1-2-8-15-10-5-3-9(4-6-10)11(13)14/h1-6H,7-8,12H2,(H3,13,14)/b2-1+. The van der Waals surface area contributed by atoms with Gasteiger partial charge in [-0.1, -0.05) is 12.2 Å². The summed E-state index contributed by atoms with van der Waals surface area (Å²) in [4.78, 5) is 0. The normalized spacial score (nSPS) is 10.5. The lowest BCUT2D eigenvalue weighted by molar-refractivity contribution is 0.362. The highest BCUT2D eigenvalue weighted by atomic mass is 16.5. The minimum Gasteiger partial charge on any atom is -0.490 e. The predicted molar refractivity (Wildman–Crippen MR) is 61.1 cm³/mol. The largest absolute Gasteiger partial charge is 0.490 e. The summed E-state index contributed by atoms with van der Waals surface area (Å²) >= 11 is 0. The molecule has 0 heterocycles. The highest BCUT2D eigenvalue weighted by molar-refractivity contribution is 5.94. The topological polar surface area (TPSA) is 85.1 Å². The van der Waals surface area contributed by atoms with E-state index in [9.17, 15) is 0 Å². The number of ether oxygens (including phenoxy) is 1. The molecule has 0 aliphatic heterocycles. The van der Waals surface area contributed by atoms with Crippen molar-refractivity contribution < 1.29 is 4.74 Å². The van der Waals surface area contributed by atoms with E-state index in [1.54, 1.807) is 24.3 Å². The highest BCUT2D eigenvalue weighted by Crippen LogP contribution is 2.11. The van der Waals surface area contributed by atoms with E-state index in [0.717, 1.165) is 5.75 Å². The molecule has 15 heavy (non-hydrogen) atoms. The Kier molecular flexibility index (Phi) is 4.37. The van der Waals surface area contributed by atoms with Gasteiger partial charge in [-0.2, -0.15) is 0 Å². The molecule has 0 unspecified atom stereocenters. The molecule has 80 valence electrons. The number of hydrogen-bond donors (Lipinski definition) is 3. The fourth-order valence-corrected chi connectivity index (χ4v) is 1.04. The van der Waals surface area contributed by atoms with Gasteiger partial charge in [-0.25, -0.2) is 0 Å². The summed E-state index contributed by atoms with van der Waals surface area (Å²) in [5, 5.41) is 7.21. The van der Waals surface area contributed by atoms with Crippen LogP contribution in [0.2, 0.25) is 0 Å². The number of nitrogens with two attached hydrogens (primary N) is 2. The van der Waals surface area contributed by atoms with Crippen molar-refractivity contribution in [2.75, 3.05) is 13.2 Å². The second-order valence-corrected chi connectivity index (χ2v) is 2.96. The van der Waals surface area contributed by atoms with E-state index >= 15 is 0 Å². The van der Waals surface area contributed by atoms with Crippen molar-refractivity contribution in [3.63, 3.8) is 0 Å². The lowest BCUT2D eigenvalue weighted by atomic mass is 10.2. The van der Waals surface area contributed by atoms with Gasteiger partial charge in [-0.15, -0.1) is 0 Å². The minimum atomic E-state index is 0.0598. The molecule has 0 radical (unpaired) electrons. The molecule has 0 aromatic heterocycles. The summed E-state index contributed by atoms with van der Waals surface area (Å²) in [5.74, 6) is 0.811. The third-order valence-electron chi connectivity index (χ3n) is 1.81. The fourth-order valence-electron chi connectivity index (χ4n) is 1.04. The number of nitrogen functional groups attached to an aromatic ring is 1.